The van der Waals surface area contributed by atoms with Gasteiger partial charge in [0.15, 0.2) is 23.0 Å². The van der Waals surface area contributed by atoms with E-state index in [1.807, 2.05) is 24.3 Å². The Labute approximate surface area is 148 Å². The molecule has 0 fully saturated rings. The lowest BCUT2D eigenvalue weighted by atomic mass is 10.1. The van der Waals surface area contributed by atoms with Crippen molar-refractivity contribution < 1.29 is 13.9 Å². The third kappa shape index (κ3) is 2.63. The van der Waals surface area contributed by atoms with Gasteiger partial charge < -0.3 is 9.47 Å². The lowest BCUT2D eigenvalue weighted by Crippen LogP contribution is -1.99. The number of fused-ring (bicyclic) bond motifs is 1. The lowest BCUT2D eigenvalue weighted by molar-refractivity contribution is 0.386. The van der Waals surface area contributed by atoms with Crippen LogP contribution < -0.4 is 9.47 Å². The Balaban J connectivity index is 1.86. The zero-order valence-electron chi connectivity index (χ0n) is 14.2. The van der Waals surface area contributed by atoms with E-state index in [2.05, 4.69) is 15.3 Å². The molecule has 0 aliphatic heterocycles. The van der Waals surface area contributed by atoms with Gasteiger partial charge in [0, 0.05) is 5.56 Å². The quantitative estimate of drug-likeness (QED) is 0.563. The summed E-state index contributed by atoms with van der Waals surface area (Å²) in [4.78, 5) is 0. The van der Waals surface area contributed by atoms with Crippen LogP contribution >= 0.6 is 0 Å². The van der Waals surface area contributed by atoms with Gasteiger partial charge in [-0.2, -0.15) is 9.61 Å². The number of halogens is 1. The number of hydrogen-bond acceptors (Lipinski definition) is 5. The van der Waals surface area contributed by atoms with Gasteiger partial charge >= 0.3 is 0 Å². The van der Waals surface area contributed by atoms with E-state index in [0.717, 1.165) is 5.56 Å². The molecular weight excluding hydrogens is 335 g/mol. The molecule has 0 saturated carbocycles. The number of para-hydroxylation sites is 1. The Hall–Kier alpha value is -3.48. The number of aromatic nitrogens is 4. The van der Waals surface area contributed by atoms with E-state index >= 15 is 0 Å². The van der Waals surface area contributed by atoms with E-state index in [4.69, 9.17) is 9.47 Å². The average molecular weight is 350 g/mol. The van der Waals surface area contributed by atoms with Crippen molar-refractivity contribution in [2.45, 2.75) is 0 Å². The molecule has 4 aromatic rings. The number of rotatable bonds is 4. The number of hydrogen-bond donors (Lipinski definition) is 0. The van der Waals surface area contributed by atoms with Crippen molar-refractivity contribution in [3.05, 3.63) is 60.4 Å². The predicted molar refractivity (Wildman–Crippen MR) is 94.7 cm³/mol. The normalized spacial score (nSPS) is 10.9. The SMILES string of the molecule is COc1ccc(-c2ccc3nnc(-c4ccccc4OC)n3n2)cc1F. The summed E-state index contributed by atoms with van der Waals surface area (Å²) in [5.74, 6) is 0.965. The molecular formula is C19H15FN4O2. The highest BCUT2D eigenvalue weighted by Crippen LogP contribution is 2.29. The number of benzene rings is 2. The summed E-state index contributed by atoms with van der Waals surface area (Å²) >= 11 is 0. The molecule has 0 N–H and O–H groups in total. The summed E-state index contributed by atoms with van der Waals surface area (Å²) in [5.41, 5.74) is 2.58. The molecule has 0 aliphatic carbocycles. The van der Waals surface area contributed by atoms with Crippen molar-refractivity contribution in [2.24, 2.45) is 0 Å². The zero-order chi connectivity index (χ0) is 18.1. The van der Waals surface area contributed by atoms with E-state index in [1.54, 1.807) is 35.9 Å². The third-order valence-corrected chi connectivity index (χ3v) is 4.06. The van der Waals surface area contributed by atoms with E-state index in [1.165, 1.54) is 13.2 Å². The van der Waals surface area contributed by atoms with Crippen molar-refractivity contribution in [1.82, 2.24) is 19.8 Å². The van der Waals surface area contributed by atoms with Crippen LogP contribution in [0.15, 0.2) is 54.6 Å². The van der Waals surface area contributed by atoms with Gasteiger partial charge in [-0.15, -0.1) is 10.2 Å². The fourth-order valence-corrected chi connectivity index (χ4v) is 2.77. The van der Waals surface area contributed by atoms with E-state index in [-0.39, 0.29) is 5.75 Å². The average Bonchev–Trinajstić information content (AvgIpc) is 3.10. The van der Waals surface area contributed by atoms with Crippen molar-refractivity contribution in [2.75, 3.05) is 14.2 Å². The van der Waals surface area contributed by atoms with Gasteiger partial charge in [-0.3, -0.25) is 0 Å². The molecule has 0 atom stereocenters. The monoisotopic (exact) mass is 350 g/mol. The molecule has 0 bridgehead atoms. The summed E-state index contributed by atoms with van der Waals surface area (Å²) in [5, 5.41) is 13.0. The Morgan fingerprint density at radius 2 is 1.69 bits per heavy atom. The van der Waals surface area contributed by atoms with Gasteiger partial charge in [0.05, 0.1) is 25.5 Å². The summed E-state index contributed by atoms with van der Waals surface area (Å²) < 4.78 is 26.0. The smallest absolute Gasteiger partial charge is 0.189 e. The molecule has 0 aliphatic rings. The van der Waals surface area contributed by atoms with Crippen LogP contribution in [0.5, 0.6) is 11.5 Å². The summed E-state index contributed by atoms with van der Waals surface area (Å²) in [7, 11) is 3.03. The Kier molecular flexibility index (Phi) is 3.96. The maximum absolute atomic E-state index is 14.0. The van der Waals surface area contributed by atoms with Gasteiger partial charge in [0.1, 0.15) is 5.75 Å². The third-order valence-electron chi connectivity index (χ3n) is 4.06. The number of methoxy groups -OCH3 is 2. The second kappa shape index (κ2) is 6.44. The Morgan fingerprint density at radius 1 is 0.885 bits per heavy atom. The van der Waals surface area contributed by atoms with Crippen LogP contribution in [0.4, 0.5) is 4.39 Å². The molecule has 0 amide bonds. The molecule has 0 saturated heterocycles. The van der Waals surface area contributed by atoms with Gasteiger partial charge in [-0.1, -0.05) is 12.1 Å². The minimum absolute atomic E-state index is 0.189. The molecule has 2 heterocycles. The largest absolute Gasteiger partial charge is 0.496 e. The van der Waals surface area contributed by atoms with Crippen LogP contribution in [0.3, 0.4) is 0 Å². The van der Waals surface area contributed by atoms with E-state index < -0.39 is 5.82 Å². The molecule has 0 radical (unpaired) electrons. The first-order chi connectivity index (χ1) is 12.7. The van der Waals surface area contributed by atoms with Gasteiger partial charge in [0.2, 0.25) is 0 Å². The van der Waals surface area contributed by atoms with Gasteiger partial charge in [-0.05, 0) is 42.5 Å². The second-order valence-electron chi connectivity index (χ2n) is 5.56. The predicted octanol–water partition coefficient (Wildman–Crippen LogP) is 3.61. The van der Waals surface area contributed by atoms with Crippen LogP contribution in [0.1, 0.15) is 0 Å². The first kappa shape index (κ1) is 16.0. The van der Waals surface area contributed by atoms with Crippen molar-refractivity contribution in [3.63, 3.8) is 0 Å². The molecule has 0 spiro atoms. The Morgan fingerprint density at radius 3 is 2.46 bits per heavy atom. The van der Waals surface area contributed by atoms with Gasteiger partial charge in [0.25, 0.3) is 0 Å². The molecule has 130 valence electrons. The highest BCUT2D eigenvalue weighted by atomic mass is 19.1. The molecule has 4 rings (SSSR count). The summed E-state index contributed by atoms with van der Waals surface area (Å²) in [6, 6.07) is 15.8. The molecule has 0 unspecified atom stereocenters. The highest BCUT2D eigenvalue weighted by Gasteiger charge is 2.15. The van der Waals surface area contributed by atoms with Crippen LogP contribution in [0.2, 0.25) is 0 Å². The van der Waals surface area contributed by atoms with Crippen molar-refractivity contribution >= 4 is 5.65 Å². The molecule has 26 heavy (non-hydrogen) atoms. The van der Waals surface area contributed by atoms with Crippen LogP contribution in [0, 0.1) is 5.82 Å². The number of nitrogens with zero attached hydrogens (tertiary/aromatic N) is 4. The number of ether oxygens (including phenoxy) is 2. The minimum atomic E-state index is -0.444. The fraction of sp³-hybridized carbons (Fsp3) is 0.105. The topological polar surface area (TPSA) is 61.5 Å². The molecule has 2 aromatic heterocycles. The second-order valence-corrected chi connectivity index (χ2v) is 5.56. The Bertz CT molecular complexity index is 1090. The molecule has 6 nitrogen and oxygen atoms in total. The highest BCUT2D eigenvalue weighted by molar-refractivity contribution is 5.68. The standard InChI is InChI=1S/C19H15FN4O2/c1-25-16-6-4-3-5-13(16)19-22-21-18-10-8-15(23-24(18)19)12-7-9-17(26-2)14(20)11-12/h3-11H,1-2H3. The maximum atomic E-state index is 14.0. The van der Waals surface area contributed by atoms with Crippen LogP contribution in [0.25, 0.3) is 28.3 Å². The van der Waals surface area contributed by atoms with Crippen molar-refractivity contribution in [1.29, 1.82) is 0 Å². The van der Waals surface area contributed by atoms with Crippen molar-refractivity contribution in [3.8, 4) is 34.1 Å². The van der Waals surface area contributed by atoms with Crippen LogP contribution in [-0.4, -0.2) is 34.0 Å². The minimum Gasteiger partial charge on any atom is -0.496 e. The maximum Gasteiger partial charge on any atom is 0.189 e. The zero-order valence-corrected chi connectivity index (χ0v) is 14.2. The summed E-state index contributed by atoms with van der Waals surface area (Å²) in [6.45, 7) is 0. The van der Waals surface area contributed by atoms with Gasteiger partial charge in [-0.25, -0.2) is 4.39 Å². The van der Waals surface area contributed by atoms with E-state index in [9.17, 15) is 4.39 Å². The first-order valence-corrected chi connectivity index (χ1v) is 7.91. The van der Waals surface area contributed by atoms with Crippen LogP contribution in [-0.2, 0) is 0 Å². The first-order valence-electron chi connectivity index (χ1n) is 7.91. The van der Waals surface area contributed by atoms with E-state index in [0.29, 0.717) is 28.5 Å². The molecule has 2 aromatic carbocycles. The molecule has 7 heteroatoms. The fourth-order valence-electron chi connectivity index (χ4n) is 2.77. The lowest BCUT2D eigenvalue weighted by Gasteiger charge is -2.08. The summed E-state index contributed by atoms with van der Waals surface area (Å²) in [6.07, 6.45) is 0.